The number of benzene rings is 1. The van der Waals surface area contributed by atoms with Crippen LogP contribution in [0.15, 0.2) is 24.3 Å². The molecule has 2 saturated heterocycles. The van der Waals surface area contributed by atoms with Gasteiger partial charge in [-0.2, -0.15) is 4.68 Å². The van der Waals surface area contributed by atoms with E-state index in [1.165, 1.54) is 12.8 Å². The van der Waals surface area contributed by atoms with Gasteiger partial charge in [-0.15, -0.1) is 5.10 Å². The van der Waals surface area contributed by atoms with Crippen LogP contribution in [-0.4, -0.2) is 69.4 Å². The van der Waals surface area contributed by atoms with Gasteiger partial charge in [-0.3, -0.25) is 9.69 Å². The largest absolute Gasteiger partial charge is 0.378 e. The normalized spacial score (nSPS) is 23.9. The number of rotatable bonds is 4. The van der Waals surface area contributed by atoms with E-state index >= 15 is 0 Å². The predicted octanol–water partition coefficient (Wildman–Crippen LogP) is 0.564. The molecule has 2 aliphatic heterocycles. The summed E-state index contributed by atoms with van der Waals surface area (Å²) < 4.78 is 7.24. The van der Waals surface area contributed by atoms with E-state index in [1.54, 1.807) is 16.8 Å². The summed E-state index contributed by atoms with van der Waals surface area (Å²) in [6.07, 6.45) is 2.45. The quantitative estimate of drug-likeness (QED) is 0.874. The molecule has 2 atom stereocenters. The molecule has 0 saturated carbocycles. The first-order valence-electron chi connectivity index (χ1n) is 8.70. The average Bonchev–Trinajstić information content (AvgIpc) is 3.35. The molecular weight excluding hydrogens is 320 g/mol. The van der Waals surface area contributed by atoms with Gasteiger partial charge in [0.1, 0.15) is 0 Å². The lowest BCUT2D eigenvalue weighted by Crippen LogP contribution is -2.50. The third-order valence-electron chi connectivity index (χ3n) is 4.95. The summed E-state index contributed by atoms with van der Waals surface area (Å²) in [6, 6.07) is 7.64. The van der Waals surface area contributed by atoms with E-state index in [-0.39, 0.29) is 18.0 Å². The molecule has 132 valence electrons. The fourth-order valence-corrected chi connectivity index (χ4v) is 3.61. The van der Waals surface area contributed by atoms with E-state index in [1.807, 2.05) is 19.1 Å². The standard InChI is InChI=1S/C17H22N6O2/c1-12-19-20-21-23(12)14-6-4-5-13(9-14)17(24)18-15-10-25-11-16(15)22-7-2-3-8-22/h4-6,9,15-16H,2-3,7-8,10-11H2,1H3,(H,18,24)/t15-,16-/m0/s1. The van der Waals surface area contributed by atoms with Gasteiger partial charge < -0.3 is 10.1 Å². The lowest BCUT2D eigenvalue weighted by Gasteiger charge is -2.27. The van der Waals surface area contributed by atoms with Gasteiger partial charge in [0.25, 0.3) is 5.91 Å². The molecule has 1 N–H and O–H groups in total. The number of carbonyl (C=O) groups is 1. The number of ether oxygens (including phenoxy) is 1. The maximum atomic E-state index is 12.7. The van der Waals surface area contributed by atoms with Crippen LogP contribution in [0.5, 0.6) is 0 Å². The zero-order valence-electron chi connectivity index (χ0n) is 14.3. The molecule has 25 heavy (non-hydrogen) atoms. The second-order valence-corrected chi connectivity index (χ2v) is 6.62. The number of likely N-dealkylation sites (tertiary alicyclic amines) is 1. The number of nitrogens with zero attached hydrogens (tertiary/aromatic N) is 5. The molecule has 3 heterocycles. The van der Waals surface area contributed by atoms with Crippen LogP contribution in [0.25, 0.3) is 5.69 Å². The van der Waals surface area contributed by atoms with Crippen LogP contribution in [0.3, 0.4) is 0 Å². The number of amides is 1. The first-order valence-corrected chi connectivity index (χ1v) is 8.70. The van der Waals surface area contributed by atoms with Crippen molar-refractivity contribution >= 4 is 5.91 Å². The fraction of sp³-hybridized carbons (Fsp3) is 0.529. The smallest absolute Gasteiger partial charge is 0.251 e. The number of aryl methyl sites for hydroxylation is 1. The van der Waals surface area contributed by atoms with E-state index in [0.29, 0.717) is 24.6 Å². The fourth-order valence-electron chi connectivity index (χ4n) is 3.61. The topological polar surface area (TPSA) is 85.2 Å². The van der Waals surface area contributed by atoms with Crippen molar-refractivity contribution in [2.75, 3.05) is 26.3 Å². The first kappa shape index (κ1) is 16.2. The van der Waals surface area contributed by atoms with Crippen LogP contribution < -0.4 is 5.32 Å². The maximum absolute atomic E-state index is 12.7. The maximum Gasteiger partial charge on any atom is 0.251 e. The van der Waals surface area contributed by atoms with Gasteiger partial charge in [0, 0.05) is 5.56 Å². The highest BCUT2D eigenvalue weighted by molar-refractivity contribution is 5.95. The number of hydrogen-bond acceptors (Lipinski definition) is 6. The molecule has 2 aliphatic rings. The highest BCUT2D eigenvalue weighted by Crippen LogP contribution is 2.20. The van der Waals surface area contributed by atoms with Crippen LogP contribution in [0.4, 0.5) is 0 Å². The molecule has 1 aromatic carbocycles. The van der Waals surface area contributed by atoms with Crippen molar-refractivity contribution in [3.63, 3.8) is 0 Å². The Morgan fingerprint density at radius 3 is 2.88 bits per heavy atom. The molecule has 1 amide bonds. The Hall–Kier alpha value is -2.32. The van der Waals surface area contributed by atoms with E-state index in [4.69, 9.17) is 4.74 Å². The van der Waals surface area contributed by atoms with Crippen LogP contribution in [0.2, 0.25) is 0 Å². The SMILES string of the molecule is Cc1nnnn1-c1cccc(C(=O)N[C@H]2COC[C@@H]2N2CCCC2)c1. The Labute approximate surface area is 146 Å². The molecule has 8 nitrogen and oxygen atoms in total. The molecule has 0 bridgehead atoms. The molecule has 2 fully saturated rings. The molecule has 0 unspecified atom stereocenters. The minimum atomic E-state index is -0.0905. The van der Waals surface area contributed by atoms with Gasteiger partial charge in [0.2, 0.25) is 0 Å². The molecule has 0 aliphatic carbocycles. The Balaban J connectivity index is 1.48. The monoisotopic (exact) mass is 342 g/mol. The van der Waals surface area contributed by atoms with Crippen molar-refractivity contribution in [2.45, 2.75) is 31.8 Å². The summed E-state index contributed by atoms with van der Waals surface area (Å²) in [5.41, 5.74) is 1.37. The van der Waals surface area contributed by atoms with Crippen LogP contribution >= 0.6 is 0 Å². The number of aromatic nitrogens is 4. The molecule has 0 radical (unpaired) electrons. The summed E-state index contributed by atoms with van der Waals surface area (Å²) >= 11 is 0. The molecule has 2 aromatic rings. The van der Waals surface area contributed by atoms with Crippen molar-refractivity contribution in [1.29, 1.82) is 0 Å². The van der Waals surface area contributed by atoms with Crippen molar-refractivity contribution in [3.8, 4) is 5.69 Å². The first-order chi connectivity index (χ1) is 12.2. The van der Waals surface area contributed by atoms with Crippen LogP contribution in [0.1, 0.15) is 29.0 Å². The molecule has 1 aromatic heterocycles. The summed E-state index contributed by atoms with van der Waals surface area (Å²) in [5, 5.41) is 14.6. The minimum absolute atomic E-state index is 0.0315. The molecular formula is C17H22N6O2. The summed E-state index contributed by atoms with van der Waals surface area (Å²) in [4.78, 5) is 15.2. The van der Waals surface area contributed by atoms with E-state index in [2.05, 4.69) is 25.7 Å². The Bertz CT molecular complexity index is 755. The van der Waals surface area contributed by atoms with E-state index in [0.717, 1.165) is 18.8 Å². The predicted molar refractivity (Wildman–Crippen MR) is 90.6 cm³/mol. The van der Waals surface area contributed by atoms with Gasteiger partial charge >= 0.3 is 0 Å². The highest BCUT2D eigenvalue weighted by Gasteiger charge is 2.35. The summed E-state index contributed by atoms with van der Waals surface area (Å²) in [6.45, 7) is 5.26. The average molecular weight is 342 g/mol. The number of hydrogen-bond donors (Lipinski definition) is 1. The molecule has 8 heteroatoms. The van der Waals surface area contributed by atoms with Gasteiger partial charge in [0.15, 0.2) is 5.82 Å². The second kappa shape index (κ2) is 6.89. The van der Waals surface area contributed by atoms with Crippen molar-refractivity contribution in [2.24, 2.45) is 0 Å². The summed E-state index contributed by atoms with van der Waals surface area (Å²) in [7, 11) is 0. The lowest BCUT2D eigenvalue weighted by atomic mass is 10.1. The highest BCUT2D eigenvalue weighted by atomic mass is 16.5. The summed E-state index contributed by atoms with van der Waals surface area (Å²) in [5.74, 6) is 0.586. The Morgan fingerprint density at radius 2 is 2.12 bits per heavy atom. The molecule has 4 rings (SSSR count). The minimum Gasteiger partial charge on any atom is -0.378 e. The zero-order valence-corrected chi connectivity index (χ0v) is 14.3. The Morgan fingerprint density at radius 1 is 1.28 bits per heavy atom. The van der Waals surface area contributed by atoms with Crippen molar-refractivity contribution in [1.82, 2.24) is 30.4 Å². The number of carbonyl (C=O) groups excluding carboxylic acids is 1. The van der Waals surface area contributed by atoms with Crippen LogP contribution in [0, 0.1) is 6.92 Å². The number of tetrazole rings is 1. The van der Waals surface area contributed by atoms with Crippen LogP contribution in [-0.2, 0) is 4.74 Å². The Kier molecular flexibility index (Phi) is 4.46. The van der Waals surface area contributed by atoms with E-state index in [9.17, 15) is 4.79 Å². The second-order valence-electron chi connectivity index (χ2n) is 6.62. The third kappa shape index (κ3) is 3.27. The van der Waals surface area contributed by atoms with E-state index < -0.39 is 0 Å². The van der Waals surface area contributed by atoms with Crippen molar-refractivity contribution < 1.29 is 9.53 Å². The van der Waals surface area contributed by atoms with Crippen molar-refractivity contribution in [3.05, 3.63) is 35.7 Å². The molecule has 0 spiro atoms. The lowest BCUT2D eigenvalue weighted by molar-refractivity contribution is 0.0916. The van der Waals surface area contributed by atoms with Gasteiger partial charge in [-0.1, -0.05) is 6.07 Å². The van der Waals surface area contributed by atoms with Gasteiger partial charge in [0.05, 0.1) is 31.0 Å². The zero-order chi connectivity index (χ0) is 17.2. The number of nitrogens with one attached hydrogen (secondary N) is 1. The van der Waals surface area contributed by atoms with Gasteiger partial charge in [-0.25, -0.2) is 0 Å². The third-order valence-corrected chi connectivity index (χ3v) is 4.95. The van der Waals surface area contributed by atoms with Gasteiger partial charge in [-0.05, 0) is 61.5 Å².